The predicted octanol–water partition coefficient (Wildman–Crippen LogP) is 1.23. The number of hydrogen-bond acceptors (Lipinski definition) is 2. The van der Waals surface area contributed by atoms with Gasteiger partial charge in [0, 0.05) is 18.3 Å². The predicted molar refractivity (Wildman–Crippen MR) is 46.2 cm³/mol. The standard InChI is InChI=1S/C9H12N2O2/c1-9(2)5(6(9)8(12)13)7-10-3-4-11-7/h3-6H,1-2H3,(H,10,11)(H,12,13). The molecule has 1 saturated carbocycles. The third-order valence-electron chi connectivity index (χ3n) is 2.91. The number of rotatable bonds is 2. The normalized spacial score (nSPS) is 30.0. The van der Waals surface area contributed by atoms with E-state index in [1.807, 2.05) is 13.8 Å². The Kier molecular flexibility index (Phi) is 1.49. The van der Waals surface area contributed by atoms with Crippen LogP contribution in [0.3, 0.4) is 0 Å². The minimum Gasteiger partial charge on any atom is -0.481 e. The second-order valence-electron chi connectivity index (χ2n) is 4.09. The van der Waals surface area contributed by atoms with Crippen molar-refractivity contribution in [2.24, 2.45) is 11.3 Å². The fourth-order valence-electron chi connectivity index (χ4n) is 2.06. The van der Waals surface area contributed by atoms with Crippen molar-refractivity contribution in [2.45, 2.75) is 19.8 Å². The van der Waals surface area contributed by atoms with Gasteiger partial charge in [0.25, 0.3) is 0 Å². The average Bonchev–Trinajstić information content (AvgIpc) is 2.50. The third kappa shape index (κ3) is 1.05. The van der Waals surface area contributed by atoms with Crippen LogP contribution in [-0.2, 0) is 4.79 Å². The summed E-state index contributed by atoms with van der Waals surface area (Å²) in [6.45, 7) is 3.91. The summed E-state index contributed by atoms with van der Waals surface area (Å²) in [7, 11) is 0. The molecule has 1 aromatic rings. The lowest BCUT2D eigenvalue weighted by Crippen LogP contribution is -2.03. The third-order valence-corrected chi connectivity index (χ3v) is 2.91. The monoisotopic (exact) mass is 180 g/mol. The SMILES string of the molecule is CC1(C)C(C(=O)O)C1c1ncc[nH]1. The first-order valence-corrected chi connectivity index (χ1v) is 4.27. The molecule has 2 unspecified atom stereocenters. The van der Waals surface area contributed by atoms with Crippen LogP contribution >= 0.6 is 0 Å². The van der Waals surface area contributed by atoms with Crippen LogP contribution < -0.4 is 0 Å². The van der Waals surface area contributed by atoms with E-state index < -0.39 is 5.97 Å². The van der Waals surface area contributed by atoms with E-state index in [4.69, 9.17) is 5.11 Å². The van der Waals surface area contributed by atoms with Crippen LogP contribution in [0.1, 0.15) is 25.6 Å². The van der Waals surface area contributed by atoms with Crippen molar-refractivity contribution in [1.82, 2.24) is 9.97 Å². The topological polar surface area (TPSA) is 66.0 Å². The second kappa shape index (κ2) is 2.34. The van der Waals surface area contributed by atoms with Gasteiger partial charge in [-0.05, 0) is 5.41 Å². The highest BCUT2D eigenvalue weighted by atomic mass is 16.4. The van der Waals surface area contributed by atoms with Gasteiger partial charge in [0.1, 0.15) is 5.82 Å². The Labute approximate surface area is 76.0 Å². The van der Waals surface area contributed by atoms with Crippen molar-refractivity contribution < 1.29 is 9.90 Å². The molecule has 0 aromatic carbocycles. The number of hydrogen-bond donors (Lipinski definition) is 2. The van der Waals surface area contributed by atoms with Crippen molar-refractivity contribution in [3.05, 3.63) is 18.2 Å². The molecule has 4 heteroatoms. The van der Waals surface area contributed by atoms with Gasteiger partial charge in [0.05, 0.1) is 5.92 Å². The Morgan fingerprint density at radius 2 is 2.38 bits per heavy atom. The van der Waals surface area contributed by atoms with Crippen LogP contribution in [-0.4, -0.2) is 21.0 Å². The molecule has 0 amide bonds. The zero-order chi connectivity index (χ0) is 9.64. The lowest BCUT2D eigenvalue weighted by Gasteiger charge is -1.97. The fraction of sp³-hybridized carbons (Fsp3) is 0.556. The maximum absolute atomic E-state index is 10.8. The Bertz CT molecular complexity index is 329. The zero-order valence-electron chi connectivity index (χ0n) is 7.61. The van der Waals surface area contributed by atoms with Crippen LogP contribution in [0.2, 0.25) is 0 Å². The first-order chi connectivity index (χ1) is 6.05. The van der Waals surface area contributed by atoms with Crippen molar-refractivity contribution in [3.63, 3.8) is 0 Å². The molecular formula is C9H12N2O2. The van der Waals surface area contributed by atoms with E-state index in [0.29, 0.717) is 0 Å². The lowest BCUT2D eigenvalue weighted by atomic mass is 10.1. The number of carboxylic acid groups (broad SMARTS) is 1. The number of aromatic amines is 1. The molecule has 1 aliphatic carbocycles. The van der Waals surface area contributed by atoms with Crippen LogP contribution in [0, 0.1) is 11.3 Å². The summed E-state index contributed by atoms with van der Waals surface area (Å²) in [6, 6.07) is 0. The maximum atomic E-state index is 10.8. The van der Waals surface area contributed by atoms with E-state index in [1.165, 1.54) is 0 Å². The molecule has 1 heterocycles. The molecule has 1 aromatic heterocycles. The van der Waals surface area contributed by atoms with Gasteiger partial charge >= 0.3 is 5.97 Å². The number of carboxylic acids is 1. The summed E-state index contributed by atoms with van der Waals surface area (Å²) in [5, 5.41) is 8.92. The van der Waals surface area contributed by atoms with Gasteiger partial charge in [-0.15, -0.1) is 0 Å². The minimum absolute atomic E-state index is 0.0417. The van der Waals surface area contributed by atoms with Crippen molar-refractivity contribution in [2.75, 3.05) is 0 Å². The second-order valence-corrected chi connectivity index (χ2v) is 4.09. The number of aromatic nitrogens is 2. The number of H-pyrrole nitrogens is 1. The Morgan fingerprint density at radius 1 is 1.69 bits per heavy atom. The smallest absolute Gasteiger partial charge is 0.307 e. The minimum atomic E-state index is -0.730. The Balaban J connectivity index is 2.25. The van der Waals surface area contributed by atoms with Crippen LogP contribution in [0.15, 0.2) is 12.4 Å². The first kappa shape index (κ1) is 8.29. The first-order valence-electron chi connectivity index (χ1n) is 4.27. The molecule has 70 valence electrons. The molecule has 0 radical (unpaired) electrons. The Hall–Kier alpha value is -1.32. The molecule has 2 atom stereocenters. The van der Waals surface area contributed by atoms with Gasteiger partial charge in [-0.1, -0.05) is 13.8 Å². The van der Waals surface area contributed by atoms with E-state index in [2.05, 4.69) is 9.97 Å². The maximum Gasteiger partial charge on any atom is 0.307 e. The molecule has 0 spiro atoms. The van der Waals surface area contributed by atoms with Crippen molar-refractivity contribution in [3.8, 4) is 0 Å². The van der Waals surface area contributed by atoms with E-state index in [1.54, 1.807) is 12.4 Å². The van der Waals surface area contributed by atoms with Crippen molar-refractivity contribution >= 4 is 5.97 Å². The molecule has 2 N–H and O–H groups in total. The van der Waals surface area contributed by atoms with E-state index in [-0.39, 0.29) is 17.3 Å². The van der Waals surface area contributed by atoms with Gasteiger partial charge in [0.2, 0.25) is 0 Å². The highest BCUT2D eigenvalue weighted by molar-refractivity contribution is 5.77. The molecule has 13 heavy (non-hydrogen) atoms. The summed E-state index contributed by atoms with van der Waals surface area (Å²) in [6.07, 6.45) is 3.38. The molecule has 0 saturated heterocycles. The summed E-state index contributed by atoms with van der Waals surface area (Å²) in [4.78, 5) is 17.9. The summed E-state index contributed by atoms with van der Waals surface area (Å²) >= 11 is 0. The zero-order valence-corrected chi connectivity index (χ0v) is 7.61. The van der Waals surface area contributed by atoms with Gasteiger partial charge < -0.3 is 10.1 Å². The van der Waals surface area contributed by atoms with E-state index >= 15 is 0 Å². The highest BCUT2D eigenvalue weighted by Gasteiger charge is 2.64. The summed E-state index contributed by atoms with van der Waals surface area (Å²) < 4.78 is 0. The van der Waals surface area contributed by atoms with E-state index in [0.717, 1.165) is 5.82 Å². The van der Waals surface area contributed by atoms with Crippen LogP contribution in [0.25, 0.3) is 0 Å². The lowest BCUT2D eigenvalue weighted by molar-refractivity contribution is -0.139. The highest BCUT2D eigenvalue weighted by Crippen LogP contribution is 2.63. The molecule has 4 nitrogen and oxygen atoms in total. The number of carbonyl (C=O) groups is 1. The Morgan fingerprint density at radius 3 is 2.77 bits per heavy atom. The van der Waals surface area contributed by atoms with Crippen LogP contribution in [0.5, 0.6) is 0 Å². The van der Waals surface area contributed by atoms with E-state index in [9.17, 15) is 4.79 Å². The summed E-state index contributed by atoms with van der Waals surface area (Å²) in [5.74, 6) is -0.192. The van der Waals surface area contributed by atoms with Gasteiger partial charge in [0.15, 0.2) is 0 Å². The fourth-order valence-corrected chi connectivity index (χ4v) is 2.06. The molecule has 0 bridgehead atoms. The van der Waals surface area contributed by atoms with Gasteiger partial charge in [-0.2, -0.15) is 0 Å². The van der Waals surface area contributed by atoms with Gasteiger partial charge in [-0.25, -0.2) is 4.98 Å². The van der Waals surface area contributed by atoms with Crippen LogP contribution in [0.4, 0.5) is 0 Å². The molecule has 2 rings (SSSR count). The molecule has 1 fully saturated rings. The molecule has 0 aliphatic heterocycles. The summed E-state index contributed by atoms with van der Waals surface area (Å²) in [5.41, 5.74) is -0.163. The molecular weight excluding hydrogens is 168 g/mol. The number of nitrogens with zero attached hydrogens (tertiary/aromatic N) is 1. The largest absolute Gasteiger partial charge is 0.481 e. The number of aliphatic carboxylic acids is 1. The number of nitrogens with one attached hydrogen (secondary N) is 1. The average molecular weight is 180 g/mol. The molecule has 1 aliphatic rings. The van der Waals surface area contributed by atoms with Crippen molar-refractivity contribution in [1.29, 1.82) is 0 Å². The number of imidazole rings is 1. The van der Waals surface area contributed by atoms with Gasteiger partial charge in [-0.3, -0.25) is 4.79 Å². The quantitative estimate of drug-likeness (QED) is 0.719.